The molecule has 1 atom stereocenters. The van der Waals surface area contributed by atoms with Gasteiger partial charge in [0.1, 0.15) is 0 Å². The standard InChI is InChI=1S/C16H24Cl2N2/c1-12-5-8-20(9-6-12)10-7-19-13(2)15-11-14(17)3-4-16(15)18/h3-4,11-13,19H,5-10H2,1-2H3. The van der Waals surface area contributed by atoms with Gasteiger partial charge in [-0.05, 0) is 62.5 Å². The highest BCUT2D eigenvalue weighted by atomic mass is 35.5. The molecule has 0 amide bonds. The van der Waals surface area contributed by atoms with Gasteiger partial charge in [-0.25, -0.2) is 0 Å². The molecule has 0 bridgehead atoms. The van der Waals surface area contributed by atoms with Crippen LogP contribution in [0.2, 0.25) is 10.0 Å². The Morgan fingerprint density at radius 1 is 1.30 bits per heavy atom. The lowest BCUT2D eigenvalue weighted by molar-refractivity contribution is 0.191. The van der Waals surface area contributed by atoms with Crippen LogP contribution in [-0.2, 0) is 0 Å². The predicted molar refractivity (Wildman–Crippen MR) is 87.7 cm³/mol. The summed E-state index contributed by atoms with van der Waals surface area (Å²) < 4.78 is 0. The van der Waals surface area contributed by atoms with Gasteiger partial charge in [0.2, 0.25) is 0 Å². The van der Waals surface area contributed by atoms with Gasteiger partial charge in [-0.2, -0.15) is 0 Å². The fourth-order valence-electron chi connectivity index (χ4n) is 2.68. The molecule has 1 N–H and O–H groups in total. The molecule has 1 heterocycles. The Labute approximate surface area is 132 Å². The van der Waals surface area contributed by atoms with Crippen molar-refractivity contribution in [3.63, 3.8) is 0 Å². The largest absolute Gasteiger partial charge is 0.309 e. The molecule has 4 heteroatoms. The predicted octanol–water partition coefficient (Wildman–Crippen LogP) is 4.38. The summed E-state index contributed by atoms with van der Waals surface area (Å²) in [5.74, 6) is 0.892. The zero-order valence-electron chi connectivity index (χ0n) is 12.3. The van der Waals surface area contributed by atoms with Crippen LogP contribution in [0.15, 0.2) is 18.2 Å². The van der Waals surface area contributed by atoms with Gasteiger partial charge in [-0.15, -0.1) is 0 Å². The Hall–Kier alpha value is -0.280. The normalized spacial score (nSPS) is 19.2. The molecule has 2 rings (SSSR count). The summed E-state index contributed by atoms with van der Waals surface area (Å²) in [6.45, 7) is 9.03. The molecule has 20 heavy (non-hydrogen) atoms. The molecular formula is C16H24Cl2N2. The molecule has 0 spiro atoms. The number of halogens is 2. The van der Waals surface area contributed by atoms with Crippen LogP contribution in [0, 0.1) is 5.92 Å². The maximum atomic E-state index is 6.23. The minimum Gasteiger partial charge on any atom is -0.309 e. The van der Waals surface area contributed by atoms with Crippen molar-refractivity contribution in [2.24, 2.45) is 5.92 Å². The highest BCUT2D eigenvalue weighted by Gasteiger charge is 2.15. The summed E-state index contributed by atoms with van der Waals surface area (Å²) in [4.78, 5) is 2.54. The lowest BCUT2D eigenvalue weighted by Crippen LogP contribution is -2.38. The average molecular weight is 315 g/mol. The molecule has 112 valence electrons. The third-order valence-corrected chi connectivity index (χ3v) is 4.76. The zero-order chi connectivity index (χ0) is 14.5. The van der Waals surface area contributed by atoms with Crippen LogP contribution < -0.4 is 5.32 Å². The molecule has 0 saturated carbocycles. The van der Waals surface area contributed by atoms with E-state index in [4.69, 9.17) is 23.2 Å². The van der Waals surface area contributed by atoms with Crippen molar-refractivity contribution < 1.29 is 0 Å². The van der Waals surface area contributed by atoms with Crippen molar-refractivity contribution >= 4 is 23.2 Å². The van der Waals surface area contributed by atoms with E-state index in [1.54, 1.807) is 0 Å². The number of likely N-dealkylation sites (tertiary alicyclic amines) is 1. The first-order valence-corrected chi connectivity index (χ1v) is 8.22. The van der Waals surface area contributed by atoms with E-state index in [1.165, 1.54) is 25.9 Å². The highest BCUT2D eigenvalue weighted by molar-refractivity contribution is 6.33. The van der Waals surface area contributed by atoms with Crippen LogP contribution in [0.1, 0.15) is 38.3 Å². The van der Waals surface area contributed by atoms with Gasteiger partial charge in [0.05, 0.1) is 0 Å². The number of hydrogen-bond donors (Lipinski definition) is 1. The minimum atomic E-state index is 0.227. The summed E-state index contributed by atoms with van der Waals surface area (Å²) in [6, 6.07) is 5.87. The van der Waals surface area contributed by atoms with E-state index in [9.17, 15) is 0 Å². The molecule has 1 aliphatic heterocycles. The quantitative estimate of drug-likeness (QED) is 0.867. The van der Waals surface area contributed by atoms with Crippen LogP contribution in [0.5, 0.6) is 0 Å². The van der Waals surface area contributed by atoms with E-state index in [-0.39, 0.29) is 6.04 Å². The summed E-state index contributed by atoms with van der Waals surface area (Å²) in [5.41, 5.74) is 1.08. The molecular weight excluding hydrogens is 291 g/mol. The number of nitrogens with one attached hydrogen (secondary N) is 1. The van der Waals surface area contributed by atoms with E-state index in [2.05, 4.69) is 24.1 Å². The van der Waals surface area contributed by atoms with E-state index < -0.39 is 0 Å². The van der Waals surface area contributed by atoms with Gasteiger partial charge in [0, 0.05) is 29.2 Å². The SMILES string of the molecule is CC1CCN(CCNC(C)c2cc(Cl)ccc2Cl)CC1. The fourth-order valence-corrected chi connectivity index (χ4v) is 3.14. The minimum absolute atomic E-state index is 0.227. The molecule has 1 aliphatic rings. The van der Waals surface area contributed by atoms with Crippen molar-refractivity contribution in [1.82, 2.24) is 10.2 Å². The smallest absolute Gasteiger partial charge is 0.0454 e. The molecule has 2 nitrogen and oxygen atoms in total. The van der Waals surface area contributed by atoms with Crippen LogP contribution in [0.3, 0.4) is 0 Å². The van der Waals surface area contributed by atoms with Crippen molar-refractivity contribution in [3.8, 4) is 0 Å². The number of benzene rings is 1. The monoisotopic (exact) mass is 314 g/mol. The van der Waals surface area contributed by atoms with Crippen molar-refractivity contribution in [1.29, 1.82) is 0 Å². The average Bonchev–Trinajstić information content (AvgIpc) is 2.43. The lowest BCUT2D eigenvalue weighted by atomic mass is 9.99. The third kappa shape index (κ3) is 4.63. The van der Waals surface area contributed by atoms with Gasteiger partial charge in [-0.3, -0.25) is 0 Å². The number of piperidine rings is 1. The topological polar surface area (TPSA) is 15.3 Å². The Kier molecular flexibility index (Phi) is 6.16. The van der Waals surface area contributed by atoms with Gasteiger partial charge in [0.25, 0.3) is 0 Å². The molecule has 0 aliphatic carbocycles. The van der Waals surface area contributed by atoms with Gasteiger partial charge < -0.3 is 10.2 Å². The first-order chi connectivity index (χ1) is 9.56. The van der Waals surface area contributed by atoms with E-state index in [0.717, 1.165) is 34.6 Å². The summed E-state index contributed by atoms with van der Waals surface area (Å²) in [7, 11) is 0. The molecule has 1 saturated heterocycles. The summed E-state index contributed by atoms with van der Waals surface area (Å²) in [5, 5.41) is 5.06. The second-order valence-corrected chi connectivity index (χ2v) is 6.71. The van der Waals surface area contributed by atoms with Crippen molar-refractivity contribution in [2.45, 2.75) is 32.7 Å². The summed E-state index contributed by atoms with van der Waals surface area (Å²) >= 11 is 12.3. The first-order valence-electron chi connectivity index (χ1n) is 7.47. The van der Waals surface area contributed by atoms with E-state index in [1.807, 2.05) is 18.2 Å². The van der Waals surface area contributed by atoms with E-state index in [0.29, 0.717) is 0 Å². The molecule has 1 fully saturated rings. The maximum absolute atomic E-state index is 6.23. The van der Waals surface area contributed by atoms with Crippen LogP contribution >= 0.6 is 23.2 Å². The van der Waals surface area contributed by atoms with E-state index >= 15 is 0 Å². The molecule has 1 unspecified atom stereocenters. The second kappa shape index (κ2) is 7.65. The second-order valence-electron chi connectivity index (χ2n) is 5.87. The Morgan fingerprint density at radius 2 is 2.00 bits per heavy atom. The van der Waals surface area contributed by atoms with Crippen LogP contribution in [-0.4, -0.2) is 31.1 Å². The number of rotatable bonds is 5. The van der Waals surface area contributed by atoms with Crippen molar-refractivity contribution in [2.75, 3.05) is 26.2 Å². The molecule has 1 aromatic carbocycles. The Balaban J connectivity index is 1.77. The molecule has 0 aromatic heterocycles. The first kappa shape index (κ1) is 16.1. The molecule has 0 radical (unpaired) electrons. The van der Waals surface area contributed by atoms with Crippen LogP contribution in [0.4, 0.5) is 0 Å². The maximum Gasteiger partial charge on any atom is 0.0454 e. The summed E-state index contributed by atoms with van der Waals surface area (Å²) in [6.07, 6.45) is 2.66. The number of hydrogen-bond acceptors (Lipinski definition) is 2. The lowest BCUT2D eigenvalue weighted by Gasteiger charge is -2.30. The zero-order valence-corrected chi connectivity index (χ0v) is 13.8. The highest BCUT2D eigenvalue weighted by Crippen LogP contribution is 2.26. The third-order valence-electron chi connectivity index (χ3n) is 4.18. The van der Waals surface area contributed by atoms with Gasteiger partial charge in [-0.1, -0.05) is 30.1 Å². The molecule has 1 aromatic rings. The van der Waals surface area contributed by atoms with Gasteiger partial charge in [0.15, 0.2) is 0 Å². The van der Waals surface area contributed by atoms with Gasteiger partial charge >= 0.3 is 0 Å². The fraction of sp³-hybridized carbons (Fsp3) is 0.625. The Bertz CT molecular complexity index is 428. The van der Waals surface area contributed by atoms with Crippen molar-refractivity contribution in [3.05, 3.63) is 33.8 Å². The van der Waals surface area contributed by atoms with Crippen LogP contribution in [0.25, 0.3) is 0 Å². The number of nitrogens with zero attached hydrogens (tertiary/aromatic N) is 1. The Morgan fingerprint density at radius 3 is 2.70 bits per heavy atom.